The molecule has 2 aromatic heterocycles. The average Bonchev–Trinajstić information content (AvgIpc) is 3.19. The first-order chi connectivity index (χ1) is 14.6. The highest BCUT2D eigenvalue weighted by molar-refractivity contribution is 5.96. The normalized spacial score (nSPS) is 19.8. The summed E-state index contributed by atoms with van der Waals surface area (Å²) >= 11 is 0. The van der Waals surface area contributed by atoms with Gasteiger partial charge in [0.2, 0.25) is 5.91 Å². The Morgan fingerprint density at radius 1 is 1.10 bits per heavy atom. The zero-order chi connectivity index (χ0) is 21.3. The third-order valence-corrected chi connectivity index (χ3v) is 6.02. The topological polar surface area (TPSA) is 93.2 Å². The van der Waals surface area contributed by atoms with E-state index in [9.17, 15) is 4.79 Å². The molecule has 8 nitrogen and oxygen atoms in total. The molecule has 0 bridgehead atoms. The summed E-state index contributed by atoms with van der Waals surface area (Å²) in [6.07, 6.45) is 9.38. The van der Waals surface area contributed by atoms with Gasteiger partial charge in [0.25, 0.3) is 0 Å². The fraction of sp³-hybridized carbons (Fsp3) is 0.364. The smallest absolute Gasteiger partial charge is 0.246 e. The molecule has 2 N–H and O–H groups in total. The third-order valence-electron chi connectivity index (χ3n) is 6.02. The molecule has 3 heterocycles. The van der Waals surface area contributed by atoms with Gasteiger partial charge < -0.3 is 15.5 Å². The lowest BCUT2D eigenvalue weighted by Gasteiger charge is -2.34. The molecule has 1 saturated heterocycles. The summed E-state index contributed by atoms with van der Waals surface area (Å²) in [6.45, 7) is 14.0. The van der Waals surface area contributed by atoms with E-state index in [-0.39, 0.29) is 11.9 Å². The van der Waals surface area contributed by atoms with Crippen LogP contribution in [0.4, 0.5) is 11.6 Å². The number of nitrogen functional groups attached to an aromatic ring is 1. The maximum absolute atomic E-state index is 11.9. The number of nitrogens with two attached hydrogens (primary N) is 1. The van der Waals surface area contributed by atoms with Crippen LogP contribution in [0.3, 0.4) is 0 Å². The van der Waals surface area contributed by atoms with Crippen LogP contribution in [0.15, 0.2) is 55.4 Å². The number of rotatable bonds is 5. The number of carbonyl (C=O) groups excluding carboxylic acids is 1. The number of carbonyl (C=O) groups is 1. The molecule has 2 aromatic rings. The summed E-state index contributed by atoms with van der Waals surface area (Å²) in [7, 11) is 0. The monoisotopic (exact) mass is 405 g/mol. The second-order valence-corrected chi connectivity index (χ2v) is 7.60. The number of nitrogens with zero attached hydrogens (tertiary/aromatic N) is 6. The fourth-order valence-corrected chi connectivity index (χ4v) is 4.35. The van der Waals surface area contributed by atoms with E-state index in [2.05, 4.69) is 34.6 Å². The molecule has 0 spiro atoms. The summed E-state index contributed by atoms with van der Waals surface area (Å²) in [4.78, 5) is 24.6. The zero-order valence-electron chi connectivity index (χ0n) is 17.1. The first-order valence-electron chi connectivity index (χ1n) is 10.2. The largest absolute Gasteiger partial charge is 0.383 e. The van der Waals surface area contributed by atoms with Crippen molar-refractivity contribution in [3.8, 4) is 0 Å². The molecule has 1 amide bonds. The van der Waals surface area contributed by atoms with Crippen molar-refractivity contribution in [3.05, 3.63) is 55.4 Å². The molecule has 8 heteroatoms. The second kappa shape index (κ2) is 8.14. The predicted molar refractivity (Wildman–Crippen MR) is 119 cm³/mol. The number of amides is 1. The number of piperazine rings is 1. The first kappa shape index (κ1) is 19.9. The van der Waals surface area contributed by atoms with Gasteiger partial charge in [0, 0.05) is 26.2 Å². The minimum Gasteiger partial charge on any atom is -0.383 e. The van der Waals surface area contributed by atoms with E-state index >= 15 is 0 Å². The van der Waals surface area contributed by atoms with Gasteiger partial charge in [-0.3, -0.25) is 4.79 Å². The van der Waals surface area contributed by atoms with Crippen molar-refractivity contribution in [2.24, 2.45) is 0 Å². The molecule has 0 aromatic carbocycles. The Bertz CT molecular complexity index is 1040. The highest BCUT2D eigenvalue weighted by Gasteiger charge is 2.29. The van der Waals surface area contributed by atoms with E-state index in [1.54, 1.807) is 4.90 Å². The van der Waals surface area contributed by atoms with Gasteiger partial charge in [0.05, 0.1) is 6.04 Å². The van der Waals surface area contributed by atoms with Crippen molar-refractivity contribution in [1.82, 2.24) is 24.6 Å². The highest BCUT2D eigenvalue weighted by Crippen LogP contribution is 2.38. The van der Waals surface area contributed by atoms with E-state index in [1.807, 2.05) is 16.8 Å². The predicted octanol–water partition coefficient (Wildman–Crippen LogP) is 2.64. The van der Waals surface area contributed by atoms with Gasteiger partial charge in [0.1, 0.15) is 17.5 Å². The van der Waals surface area contributed by atoms with E-state index in [1.165, 1.54) is 23.5 Å². The Balaban J connectivity index is 1.69. The van der Waals surface area contributed by atoms with Crippen molar-refractivity contribution in [2.75, 3.05) is 36.8 Å². The molecule has 2 aliphatic rings. The summed E-state index contributed by atoms with van der Waals surface area (Å²) in [5.41, 5.74) is 9.45. The number of allylic oxidation sites excluding steroid dienone is 4. The summed E-state index contributed by atoms with van der Waals surface area (Å²) in [5, 5.41) is 5.74. The number of hydrogen-bond acceptors (Lipinski definition) is 6. The number of anilines is 2. The van der Waals surface area contributed by atoms with Crippen molar-refractivity contribution < 1.29 is 4.79 Å². The Morgan fingerprint density at radius 3 is 2.50 bits per heavy atom. The molecule has 30 heavy (non-hydrogen) atoms. The Hall–Kier alpha value is -3.42. The van der Waals surface area contributed by atoms with Gasteiger partial charge in [-0.25, -0.2) is 14.6 Å². The molecule has 4 rings (SSSR count). The van der Waals surface area contributed by atoms with Crippen LogP contribution in [0.2, 0.25) is 0 Å². The van der Waals surface area contributed by atoms with Crippen LogP contribution in [-0.2, 0) is 4.79 Å². The summed E-state index contributed by atoms with van der Waals surface area (Å²) < 4.78 is 1.99. The molecule has 1 aliphatic carbocycles. The lowest BCUT2D eigenvalue weighted by molar-refractivity contribution is -0.126. The average molecular weight is 406 g/mol. The fourth-order valence-electron chi connectivity index (χ4n) is 4.35. The van der Waals surface area contributed by atoms with Crippen molar-refractivity contribution in [2.45, 2.75) is 25.3 Å². The second-order valence-electron chi connectivity index (χ2n) is 7.60. The van der Waals surface area contributed by atoms with E-state index in [4.69, 9.17) is 10.8 Å². The van der Waals surface area contributed by atoms with Crippen LogP contribution in [0, 0.1) is 0 Å². The van der Waals surface area contributed by atoms with E-state index < -0.39 is 0 Å². The van der Waals surface area contributed by atoms with Crippen molar-refractivity contribution in [3.63, 3.8) is 0 Å². The molecular formula is C22H27N7O. The molecule has 1 fully saturated rings. The van der Waals surface area contributed by atoms with Gasteiger partial charge >= 0.3 is 0 Å². The molecule has 156 valence electrons. The molecule has 0 saturated carbocycles. The Morgan fingerprint density at radius 2 is 1.83 bits per heavy atom. The zero-order valence-corrected chi connectivity index (χ0v) is 17.1. The van der Waals surface area contributed by atoms with Gasteiger partial charge in [-0.15, -0.1) is 0 Å². The molecular weight excluding hydrogens is 378 g/mol. The molecule has 1 aliphatic heterocycles. The van der Waals surface area contributed by atoms with Gasteiger partial charge in [-0.1, -0.05) is 31.9 Å². The highest BCUT2D eigenvalue weighted by atomic mass is 16.2. The Labute approximate surface area is 176 Å². The van der Waals surface area contributed by atoms with Crippen molar-refractivity contribution >= 4 is 28.6 Å². The van der Waals surface area contributed by atoms with Crippen LogP contribution >= 0.6 is 0 Å². The number of hydrogen-bond donors (Lipinski definition) is 1. The number of aromatic nitrogens is 4. The third kappa shape index (κ3) is 3.38. The first-order valence-corrected chi connectivity index (χ1v) is 10.2. The quantitative estimate of drug-likeness (QED) is 0.769. The maximum Gasteiger partial charge on any atom is 0.246 e. The minimum atomic E-state index is -0.0446. The molecule has 1 atom stereocenters. The minimum absolute atomic E-state index is 0.0446. The van der Waals surface area contributed by atoms with Crippen LogP contribution in [0.1, 0.15) is 25.3 Å². The van der Waals surface area contributed by atoms with Crippen LogP contribution in [0.5, 0.6) is 0 Å². The van der Waals surface area contributed by atoms with Gasteiger partial charge in [0.15, 0.2) is 11.5 Å². The van der Waals surface area contributed by atoms with Crippen LogP contribution < -0.4 is 10.6 Å². The molecule has 0 radical (unpaired) electrons. The van der Waals surface area contributed by atoms with E-state index in [0.29, 0.717) is 32.0 Å². The lowest BCUT2D eigenvalue weighted by atomic mass is 9.88. The number of fused-ring (bicyclic) bond motifs is 1. The SMILES string of the molecule is C=CC(=O)N1CCN(c2nn(C3CCC(C=C)=C(C=C)C3)c3ncnc(N)c23)CC1. The van der Waals surface area contributed by atoms with Crippen LogP contribution in [0.25, 0.3) is 11.0 Å². The Kier molecular flexibility index (Phi) is 5.39. The summed E-state index contributed by atoms with van der Waals surface area (Å²) in [6, 6.07) is 0.163. The summed E-state index contributed by atoms with van der Waals surface area (Å²) in [5.74, 6) is 1.16. The van der Waals surface area contributed by atoms with Gasteiger partial charge in [-0.2, -0.15) is 5.10 Å². The van der Waals surface area contributed by atoms with Gasteiger partial charge in [-0.05, 0) is 36.5 Å². The maximum atomic E-state index is 11.9. The lowest BCUT2D eigenvalue weighted by Crippen LogP contribution is -2.48. The van der Waals surface area contributed by atoms with E-state index in [0.717, 1.165) is 36.1 Å². The molecule has 1 unspecified atom stereocenters. The van der Waals surface area contributed by atoms with Crippen LogP contribution in [-0.4, -0.2) is 56.7 Å². The standard InChI is InChI=1S/C22H27N7O/c1-4-15-7-8-17(13-16(15)5-2)29-21-19(20(23)24-14-25-21)22(26-29)28-11-9-27(10-12-28)18(30)6-3/h4-6,14,17H,1-3,7-13H2,(H2,23,24,25). The van der Waals surface area contributed by atoms with Crippen molar-refractivity contribution in [1.29, 1.82) is 0 Å².